The highest BCUT2D eigenvalue weighted by atomic mass is 32.2. The smallest absolute Gasteiger partial charge is 0.314 e. The van der Waals surface area contributed by atoms with Crippen molar-refractivity contribution in [2.24, 2.45) is 5.41 Å². The summed E-state index contributed by atoms with van der Waals surface area (Å²) < 4.78 is 21.8. The Hall–Kier alpha value is -1.31. The number of hydrogen-bond donors (Lipinski definition) is 3. The first kappa shape index (κ1) is 16.7. The van der Waals surface area contributed by atoms with Gasteiger partial charge in [0, 0.05) is 19.3 Å². The molecule has 0 heterocycles. The van der Waals surface area contributed by atoms with Crippen molar-refractivity contribution in [2.75, 3.05) is 25.1 Å². The Balaban J connectivity index is 2.27. The minimum absolute atomic E-state index is 0.0202. The summed E-state index contributed by atoms with van der Waals surface area (Å²) in [6.07, 6.45) is 4.38. The van der Waals surface area contributed by atoms with Gasteiger partial charge in [0.25, 0.3) is 0 Å². The van der Waals surface area contributed by atoms with Crippen molar-refractivity contribution in [1.82, 2.24) is 10.6 Å². The summed E-state index contributed by atoms with van der Waals surface area (Å²) in [4.78, 5) is 22.8. The fraction of sp³-hybridized carbons (Fsp3) is 0.833. The predicted octanol–water partition coefficient (Wildman–Crippen LogP) is 0.365. The molecule has 1 aliphatic carbocycles. The first-order chi connectivity index (χ1) is 9.25. The average Bonchev–Trinajstić information content (AvgIpc) is 2.81. The number of rotatable bonds is 7. The molecular weight excluding hydrogens is 284 g/mol. The van der Waals surface area contributed by atoms with Crippen LogP contribution in [-0.4, -0.2) is 50.6 Å². The van der Waals surface area contributed by atoms with E-state index in [2.05, 4.69) is 10.6 Å². The fourth-order valence-electron chi connectivity index (χ4n) is 2.37. The van der Waals surface area contributed by atoms with E-state index in [9.17, 15) is 23.1 Å². The Kier molecular flexibility index (Phi) is 5.79. The fourth-order valence-corrected chi connectivity index (χ4v) is 3.03. The Labute approximate surface area is 119 Å². The third-order valence-corrected chi connectivity index (χ3v) is 4.61. The third kappa shape index (κ3) is 5.36. The molecular formula is C12H22N2O5S. The molecule has 1 rings (SSSR count). The summed E-state index contributed by atoms with van der Waals surface area (Å²) >= 11 is 0. The first-order valence-corrected chi connectivity index (χ1v) is 8.74. The Bertz CT molecular complexity index is 454. The van der Waals surface area contributed by atoms with Crippen LogP contribution in [0.3, 0.4) is 0 Å². The number of aliphatic carboxylic acids is 1. The number of amides is 2. The Morgan fingerprint density at radius 2 is 1.80 bits per heavy atom. The number of carboxylic acids is 1. The molecule has 0 spiro atoms. The van der Waals surface area contributed by atoms with Crippen molar-refractivity contribution in [3.8, 4) is 0 Å². The summed E-state index contributed by atoms with van der Waals surface area (Å²) in [6.45, 7) is 0.360. The van der Waals surface area contributed by atoms with Crippen LogP contribution in [0.2, 0.25) is 0 Å². The van der Waals surface area contributed by atoms with Crippen molar-refractivity contribution in [3.63, 3.8) is 0 Å². The molecule has 0 saturated heterocycles. The largest absolute Gasteiger partial charge is 0.481 e. The third-order valence-electron chi connectivity index (χ3n) is 3.58. The molecule has 0 atom stereocenters. The summed E-state index contributed by atoms with van der Waals surface area (Å²) in [7, 11) is -3.02. The second-order valence-corrected chi connectivity index (χ2v) is 7.65. The monoisotopic (exact) mass is 306 g/mol. The highest BCUT2D eigenvalue weighted by molar-refractivity contribution is 7.90. The van der Waals surface area contributed by atoms with Gasteiger partial charge >= 0.3 is 12.0 Å². The average molecular weight is 306 g/mol. The number of hydrogen-bond acceptors (Lipinski definition) is 4. The highest BCUT2D eigenvalue weighted by Crippen LogP contribution is 2.37. The van der Waals surface area contributed by atoms with Gasteiger partial charge in [-0.3, -0.25) is 4.79 Å². The van der Waals surface area contributed by atoms with Gasteiger partial charge < -0.3 is 15.7 Å². The van der Waals surface area contributed by atoms with Gasteiger partial charge in [0.1, 0.15) is 9.84 Å². The maximum atomic E-state index is 11.5. The zero-order valence-corrected chi connectivity index (χ0v) is 12.5. The molecule has 1 aliphatic rings. The summed E-state index contributed by atoms with van der Waals surface area (Å²) in [5.41, 5.74) is -0.843. The van der Waals surface area contributed by atoms with Crippen molar-refractivity contribution >= 4 is 21.8 Å². The van der Waals surface area contributed by atoms with E-state index in [-0.39, 0.29) is 18.8 Å². The molecule has 7 nitrogen and oxygen atoms in total. The van der Waals surface area contributed by atoms with E-state index in [0.717, 1.165) is 19.1 Å². The molecule has 0 radical (unpaired) electrons. The van der Waals surface area contributed by atoms with Crippen LogP contribution in [0.25, 0.3) is 0 Å². The molecule has 20 heavy (non-hydrogen) atoms. The number of sulfone groups is 1. The lowest BCUT2D eigenvalue weighted by Gasteiger charge is -2.24. The van der Waals surface area contributed by atoms with Crippen molar-refractivity contribution in [1.29, 1.82) is 0 Å². The molecule has 8 heteroatoms. The Morgan fingerprint density at radius 3 is 2.30 bits per heavy atom. The lowest BCUT2D eigenvalue weighted by molar-refractivity contribution is -0.148. The van der Waals surface area contributed by atoms with Gasteiger partial charge in [0.15, 0.2) is 0 Å². The van der Waals surface area contributed by atoms with Crippen molar-refractivity contribution < 1.29 is 23.1 Å². The molecule has 0 aromatic rings. The lowest BCUT2D eigenvalue weighted by atomic mass is 9.86. The first-order valence-electron chi connectivity index (χ1n) is 6.68. The maximum Gasteiger partial charge on any atom is 0.314 e. The molecule has 0 aliphatic heterocycles. The Morgan fingerprint density at radius 1 is 1.20 bits per heavy atom. The van der Waals surface area contributed by atoms with E-state index < -0.39 is 27.3 Å². The molecule has 1 saturated carbocycles. The van der Waals surface area contributed by atoms with Gasteiger partial charge in [-0.1, -0.05) is 12.8 Å². The molecule has 0 aromatic carbocycles. The second kappa shape index (κ2) is 6.92. The van der Waals surface area contributed by atoms with Gasteiger partial charge in [0.2, 0.25) is 0 Å². The lowest BCUT2D eigenvalue weighted by Crippen LogP contribution is -2.45. The minimum Gasteiger partial charge on any atom is -0.481 e. The normalized spacial score (nSPS) is 17.6. The van der Waals surface area contributed by atoms with Crippen LogP contribution in [0.5, 0.6) is 0 Å². The van der Waals surface area contributed by atoms with E-state index in [1.54, 1.807) is 0 Å². The number of urea groups is 1. The molecule has 0 aromatic heterocycles. The summed E-state index contributed by atoms with van der Waals surface area (Å²) in [6, 6.07) is -0.453. The number of carboxylic acid groups (broad SMARTS) is 1. The summed E-state index contributed by atoms with van der Waals surface area (Å²) in [5.74, 6) is -0.848. The van der Waals surface area contributed by atoms with E-state index >= 15 is 0 Å². The van der Waals surface area contributed by atoms with Crippen LogP contribution in [0.4, 0.5) is 4.79 Å². The quantitative estimate of drug-likeness (QED) is 0.588. The molecule has 0 bridgehead atoms. The van der Waals surface area contributed by atoms with Crippen LogP contribution in [0, 0.1) is 5.41 Å². The standard InChI is InChI=1S/C12H22N2O5S/c1-20(18,19)8-4-7-13-11(17)14-9-12(10(15)16)5-2-3-6-12/h2-9H2,1H3,(H,15,16)(H2,13,14,17). The van der Waals surface area contributed by atoms with Crippen molar-refractivity contribution in [3.05, 3.63) is 0 Å². The van der Waals surface area contributed by atoms with Gasteiger partial charge in [-0.25, -0.2) is 13.2 Å². The summed E-state index contributed by atoms with van der Waals surface area (Å²) in [5, 5.41) is 14.3. The number of nitrogens with one attached hydrogen (secondary N) is 2. The molecule has 0 unspecified atom stereocenters. The molecule has 116 valence electrons. The van der Waals surface area contributed by atoms with E-state index in [4.69, 9.17) is 0 Å². The molecule has 3 N–H and O–H groups in total. The van der Waals surface area contributed by atoms with Crippen LogP contribution < -0.4 is 10.6 Å². The van der Waals surface area contributed by atoms with Crippen LogP contribution in [0.1, 0.15) is 32.1 Å². The van der Waals surface area contributed by atoms with Crippen molar-refractivity contribution in [2.45, 2.75) is 32.1 Å². The maximum absolute atomic E-state index is 11.5. The van der Waals surface area contributed by atoms with Gasteiger partial charge in [-0.2, -0.15) is 0 Å². The van der Waals surface area contributed by atoms with E-state index in [1.807, 2.05) is 0 Å². The van der Waals surface area contributed by atoms with Crippen LogP contribution >= 0.6 is 0 Å². The topological polar surface area (TPSA) is 113 Å². The predicted molar refractivity (Wildman–Crippen MR) is 74.3 cm³/mol. The zero-order valence-electron chi connectivity index (χ0n) is 11.6. The van der Waals surface area contributed by atoms with E-state index in [0.29, 0.717) is 19.3 Å². The van der Waals surface area contributed by atoms with Crippen LogP contribution in [0.15, 0.2) is 0 Å². The molecule has 1 fully saturated rings. The molecule has 2 amide bonds. The second-order valence-electron chi connectivity index (χ2n) is 5.39. The van der Waals surface area contributed by atoms with E-state index in [1.165, 1.54) is 0 Å². The number of carbonyl (C=O) groups is 2. The van der Waals surface area contributed by atoms with Crippen LogP contribution in [-0.2, 0) is 14.6 Å². The minimum atomic E-state index is -3.02. The SMILES string of the molecule is CS(=O)(=O)CCCNC(=O)NCC1(C(=O)O)CCCC1. The van der Waals surface area contributed by atoms with Gasteiger partial charge in [0.05, 0.1) is 11.2 Å². The van der Waals surface area contributed by atoms with Gasteiger partial charge in [-0.05, 0) is 19.3 Å². The van der Waals surface area contributed by atoms with Gasteiger partial charge in [-0.15, -0.1) is 0 Å². The zero-order chi connectivity index (χ0) is 15.2. The number of carbonyl (C=O) groups excluding carboxylic acids is 1. The highest BCUT2D eigenvalue weighted by Gasteiger charge is 2.41.